The molecular formula is C18H14F3N3O. The predicted molar refractivity (Wildman–Crippen MR) is 87.7 cm³/mol. The first-order chi connectivity index (χ1) is 11.8. The van der Waals surface area contributed by atoms with Gasteiger partial charge >= 0.3 is 6.18 Å². The zero-order valence-corrected chi connectivity index (χ0v) is 13.2. The van der Waals surface area contributed by atoms with E-state index >= 15 is 0 Å². The lowest BCUT2D eigenvalue weighted by atomic mass is 10.1. The first-order valence-electron chi connectivity index (χ1n) is 7.44. The standard InChI is InChI=1S/C18H14F3N3O/c1-12-3-6-14(11-16(12)18(19,20)21)23-17(25)13-4-7-15(8-5-13)24-10-2-9-22-24/h2-11H,1H3,(H,23,25). The molecule has 7 heteroatoms. The van der Waals surface area contributed by atoms with E-state index in [2.05, 4.69) is 10.4 Å². The largest absolute Gasteiger partial charge is 0.416 e. The average Bonchev–Trinajstić information content (AvgIpc) is 3.10. The second-order valence-corrected chi connectivity index (χ2v) is 5.48. The van der Waals surface area contributed by atoms with Crippen molar-refractivity contribution < 1.29 is 18.0 Å². The Kier molecular flexibility index (Phi) is 4.31. The Morgan fingerprint density at radius 1 is 1.12 bits per heavy atom. The lowest BCUT2D eigenvalue weighted by molar-refractivity contribution is -0.138. The van der Waals surface area contributed by atoms with Gasteiger partial charge in [-0.15, -0.1) is 0 Å². The fourth-order valence-corrected chi connectivity index (χ4v) is 2.40. The van der Waals surface area contributed by atoms with E-state index < -0.39 is 17.6 Å². The van der Waals surface area contributed by atoms with Crippen LogP contribution in [0.25, 0.3) is 5.69 Å². The number of amides is 1. The van der Waals surface area contributed by atoms with Crippen molar-refractivity contribution in [3.63, 3.8) is 0 Å². The van der Waals surface area contributed by atoms with Crippen molar-refractivity contribution >= 4 is 11.6 Å². The predicted octanol–water partition coefficient (Wildman–Crippen LogP) is 4.45. The summed E-state index contributed by atoms with van der Waals surface area (Å²) >= 11 is 0. The van der Waals surface area contributed by atoms with Gasteiger partial charge in [-0.05, 0) is 55.0 Å². The molecule has 3 aromatic rings. The van der Waals surface area contributed by atoms with Crippen molar-refractivity contribution in [2.45, 2.75) is 13.1 Å². The summed E-state index contributed by atoms with van der Waals surface area (Å²) in [7, 11) is 0. The quantitative estimate of drug-likeness (QED) is 0.762. The van der Waals surface area contributed by atoms with E-state index in [-0.39, 0.29) is 11.3 Å². The van der Waals surface area contributed by atoms with Crippen molar-refractivity contribution in [2.24, 2.45) is 0 Å². The molecule has 25 heavy (non-hydrogen) atoms. The van der Waals surface area contributed by atoms with Gasteiger partial charge in [0.15, 0.2) is 0 Å². The van der Waals surface area contributed by atoms with Crippen molar-refractivity contribution in [3.05, 3.63) is 77.6 Å². The summed E-state index contributed by atoms with van der Waals surface area (Å²) in [5.41, 5.74) is 0.550. The number of carbonyl (C=O) groups is 1. The van der Waals surface area contributed by atoms with E-state index in [1.165, 1.54) is 19.1 Å². The van der Waals surface area contributed by atoms with Crippen molar-refractivity contribution in [3.8, 4) is 5.69 Å². The van der Waals surface area contributed by atoms with Crippen LogP contribution >= 0.6 is 0 Å². The summed E-state index contributed by atoms with van der Waals surface area (Å²) < 4.78 is 40.5. The molecule has 0 fully saturated rings. The molecule has 0 aliphatic heterocycles. The normalized spacial score (nSPS) is 11.4. The fraction of sp³-hybridized carbons (Fsp3) is 0.111. The Hall–Kier alpha value is -3.09. The van der Waals surface area contributed by atoms with E-state index in [9.17, 15) is 18.0 Å². The molecule has 128 valence electrons. The maximum absolute atomic E-state index is 12.9. The highest BCUT2D eigenvalue weighted by molar-refractivity contribution is 6.04. The number of nitrogens with one attached hydrogen (secondary N) is 1. The number of alkyl halides is 3. The average molecular weight is 345 g/mol. The van der Waals surface area contributed by atoms with Gasteiger partial charge in [0, 0.05) is 23.6 Å². The molecule has 1 heterocycles. The number of rotatable bonds is 3. The number of anilines is 1. The van der Waals surface area contributed by atoms with Gasteiger partial charge in [0.05, 0.1) is 11.3 Å². The second kappa shape index (κ2) is 6.43. The third-order valence-electron chi connectivity index (χ3n) is 3.70. The van der Waals surface area contributed by atoms with Crippen molar-refractivity contribution in [1.29, 1.82) is 0 Å². The number of halogens is 3. The SMILES string of the molecule is Cc1ccc(NC(=O)c2ccc(-n3cccn3)cc2)cc1C(F)(F)F. The van der Waals surface area contributed by atoms with Crippen LogP contribution in [0.5, 0.6) is 0 Å². The molecule has 0 spiro atoms. The number of hydrogen-bond acceptors (Lipinski definition) is 2. The first-order valence-corrected chi connectivity index (χ1v) is 7.44. The molecule has 3 rings (SSSR count). The Labute approximate surface area is 141 Å². The van der Waals surface area contributed by atoms with Crippen LogP contribution in [0.1, 0.15) is 21.5 Å². The van der Waals surface area contributed by atoms with Gasteiger partial charge < -0.3 is 5.32 Å². The van der Waals surface area contributed by atoms with Crippen LogP contribution in [0.3, 0.4) is 0 Å². The van der Waals surface area contributed by atoms with Crippen molar-refractivity contribution in [2.75, 3.05) is 5.32 Å². The zero-order chi connectivity index (χ0) is 18.0. The third-order valence-corrected chi connectivity index (χ3v) is 3.70. The molecule has 0 saturated heterocycles. The molecule has 0 atom stereocenters. The Morgan fingerprint density at radius 3 is 2.44 bits per heavy atom. The zero-order valence-electron chi connectivity index (χ0n) is 13.2. The van der Waals surface area contributed by atoms with Crippen LogP contribution in [0, 0.1) is 6.92 Å². The highest BCUT2D eigenvalue weighted by Gasteiger charge is 2.32. The van der Waals surface area contributed by atoms with E-state index in [4.69, 9.17) is 0 Å². The molecule has 0 aliphatic carbocycles. The highest BCUT2D eigenvalue weighted by Crippen LogP contribution is 2.33. The fourth-order valence-electron chi connectivity index (χ4n) is 2.40. The molecule has 4 nitrogen and oxygen atoms in total. The Balaban J connectivity index is 1.78. The van der Waals surface area contributed by atoms with Gasteiger partial charge in [-0.1, -0.05) is 6.07 Å². The van der Waals surface area contributed by atoms with Crippen LogP contribution in [0.2, 0.25) is 0 Å². The molecule has 0 bridgehead atoms. The molecule has 0 aliphatic rings. The number of nitrogens with zero attached hydrogens (tertiary/aromatic N) is 2. The summed E-state index contributed by atoms with van der Waals surface area (Å²) in [6.45, 7) is 1.38. The summed E-state index contributed by atoms with van der Waals surface area (Å²) in [5, 5.41) is 6.57. The van der Waals surface area contributed by atoms with Gasteiger partial charge in [0.1, 0.15) is 0 Å². The van der Waals surface area contributed by atoms with Gasteiger partial charge in [0.25, 0.3) is 5.91 Å². The monoisotopic (exact) mass is 345 g/mol. The van der Waals surface area contributed by atoms with Crippen LogP contribution in [-0.4, -0.2) is 15.7 Å². The van der Waals surface area contributed by atoms with Crippen molar-refractivity contribution in [1.82, 2.24) is 9.78 Å². The maximum atomic E-state index is 12.9. The third kappa shape index (κ3) is 3.71. The van der Waals surface area contributed by atoms with E-state index in [1.807, 2.05) is 0 Å². The molecule has 0 radical (unpaired) electrons. The molecule has 0 unspecified atom stereocenters. The summed E-state index contributed by atoms with van der Waals surface area (Å²) in [6, 6.07) is 12.1. The highest BCUT2D eigenvalue weighted by atomic mass is 19.4. The van der Waals surface area contributed by atoms with Crippen LogP contribution in [-0.2, 0) is 6.18 Å². The number of benzene rings is 2. The maximum Gasteiger partial charge on any atom is 0.416 e. The molecule has 1 N–H and O–H groups in total. The molecule has 1 aromatic heterocycles. The topological polar surface area (TPSA) is 46.9 Å². The molecule has 1 amide bonds. The molecular weight excluding hydrogens is 331 g/mol. The minimum absolute atomic E-state index is 0.0964. The Bertz CT molecular complexity index is 885. The number of aryl methyl sites for hydroxylation is 1. The lowest BCUT2D eigenvalue weighted by Crippen LogP contribution is -2.14. The number of hydrogen-bond donors (Lipinski definition) is 1. The Morgan fingerprint density at radius 2 is 1.84 bits per heavy atom. The lowest BCUT2D eigenvalue weighted by Gasteiger charge is -2.13. The first kappa shape index (κ1) is 16.8. The van der Waals surface area contributed by atoms with Gasteiger partial charge in [-0.25, -0.2) is 4.68 Å². The molecule has 0 saturated carbocycles. The van der Waals surface area contributed by atoms with Gasteiger partial charge in [-0.3, -0.25) is 4.79 Å². The minimum atomic E-state index is -4.46. The minimum Gasteiger partial charge on any atom is -0.322 e. The van der Waals surface area contributed by atoms with E-state index in [0.717, 1.165) is 11.8 Å². The summed E-state index contributed by atoms with van der Waals surface area (Å²) in [5.74, 6) is -0.482. The number of carbonyl (C=O) groups excluding carboxylic acids is 1. The van der Waals surface area contributed by atoms with Gasteiger partial charge in [0.2, 0.25) is 0 Å². The van der Waals surface area contributed by atoms with Crippen LogP contribution in [0.4, 0.5) is 18.9 Å². The molecule has 2 aromatic carbocycles. The summed E-state index contributed by atoms with van der Waals surface area (Å²) in [4.78, 5) is 12.2. The number of aromatic nitrogens is 2. The van der Waals surface area contributed by atoms with E-state index in [0.29, 0.717) is 5.56 Å². The second-order valence-electron chi connectivity index (χ2n) is 5.48. The van der Waals surface area contributed by atoms with Crippen LogP contribution < -0.4 is 5.32 Å². The summed E-state index contributed by atoms with van der Waals surface area (Å²) in [6.07, 6.45) is -1.06. The van der Waals surface area contributed by atoms with E-state index in [1.54, 1.807) is 47.4 Å². The van der Waals surface area contributed by atoms with Gasteiger partial charge in [-0.2, -0.15) is 18.3 Å². The smallest absolute Gasteiger partial charge is 0.322 e. The van der Waals surface area contributed by atoms with Crippen LogP contribution in [0.15, 0.2) is 60.9 Å².